The highest BCUT2D eigenvalue weighted by Gasteiger charge is 2.50. The van der Waals surface area contributed by atoms with Gasteiger partial charge >= 0.3 is 6.18 Å². The molecule has 0 radical (unpaired) electrons. The van der Waals surface area contributed by atoms with Crippen molar-refractivity contribution >= 4 is 35.1 Å². The maximum Gasteiger partial charge on any atom is 0.428 e. The first kappa shape index (κ1) is 25.1. The van der Waals surface area contributed by atoms with Crippen LogP contribution in [0.3, 0.4) is 0 Å². The molecule has 1 fully saturated rings. The second-order valence-electron chi connectivity index (χ2n) is 7.90. The van der Waals surface area contributed by atoms with E-state index >= 15 is 0 Å². The zero-order valence-corrected chi connectivity index (χ0v) is 18.8. The van der Waals surface area contributed by atoms with Gasteiger partial charge in [0.15, 0.2) is 0 Å². The van der Waals surface area contributed by atoms with Crippen LogP contribution >= 0.6 is 11.3 Å². The minimum atomic E-state index is -4.54. The van der Waals surface area contributed by atoms with Gasteiger partial charge in [0.2, 0.25) is 12.0 Å². The highest BCUT2D eigenvalue weighted by Crippen LogP contribution is 2.36. The van der Waals surface area contributed by atoms with Gasteiger partial charge in [-0.05, 0) is 19.1 Å². The van der Waals surface area contributed by atoms with E-state index in [1.165, 1.54) is 30.9 Å². The number of carbonyl (C=O) groups excluding carboxylic acids is 2. The number of amides is 2. The Hall–Kier alpha value is -2.51. The lowest BCUT2D eigenvalue weighted by Crippen LogP contribution is -2.56. The molecule has 0 bridgehead atoms. The van der Waals surface area contributed by atoms with Crippen molar-refractivity contribution in [2.75, 3.05) is 26.3 Å². The van der Waals surface area contributed by atoms with Crippen LogP contribution in [-0.4, -0.2) is 84.5 Å². The Balaban J connectivity index is 1.62. The standard InChI is InChI=1S/C20H25F3N4O5S/c1-10-16(26-32-17(10)20(21,22)23)14-3-4-15(33-14)18(29)25-8-12-9-31-6-5-27(12)19(30)13(7-24)11(2)28/h3-4,7,10-13,17,24,28H,5-6,8-9H2,1-2H3,(H,25,29)/t10?,11?,12-,13?,17?/m0/s1. The maximum atomic E-state index is 13.0. The second-order valence-corrected chi connectivity index (χ2v) is 8.98. The monoisotopic (exact) mass is 490 g/mol. The predicted molar refractivity (Wildman–Crippen MR) is 114 cm³/mol. The summed E-state index contributed by atoms with van der Waals surface area (Å²) in [7, 11) is 0. The molecule has 182 valence electrons. The Morgan fingerprint density at radius 3 is 2.79 bits per heavy atom. The van der Waals surface area contributed by atoms with E-state index in [4.69, 9.17) is 10.1 Å². The smallest absolute Gasteiger partial charge is 0.392 e. The molecule has 2 aliphatic heterocycles. The molecule has 33 heavy (non-hydrogen) atoms. The van der Waals surface area contributed by atoms with Gasteiger partial charge in [0.25, 0.3) is 5.91 Å². The summed E-state index contributed by atoms with van der Waals surface area (Å²) >= 11 is 0.996. The highest BCUT2D eigenvalue weighted by molar-refractivity contribution is 7.16. The lowest BCUT2D eigenvalue weighted by Gasteiger charge is -2.37. The number of aliphatic hydroxyl groups is 1. The third-order valence-corrected chi connectivity index (χ3v) is 6.65. The fourth-order valence-corrected chi connectivity index (χ4v) is 4.66. The van der Waals surface area contributed by atoms with Crippen LogP contribution in [-0.2, 0) is 14.4 Å². The molecule has 2 amide bonds. The maximum absolute atomic E-state index is 13.0. The number of thiophene rings is 1. The molecule has 13 heteroatoms. The van der Waals surface area contributed by atoms with Gasteiger partial charge in [0.1, 0.15) is 5.71 Å². The van der Waals surface area contributed by atoms with Crippen molar-refractivity contribution in [3.8, 4) is 0 Å². The lowest BCUT2D eigenvalue weighted by atomic mass is 9.98. The Kier molecular flexibility index (Phi) is 7.75. The number of hydrogen-bond acceptors (Lipinski definition) is 8. The molecule has 0 saturated carbocycles. The molecular weight excluding hydrogens is 465 g/mol. The molecule has 3 heterocycles. The Bertz CT molecular complexity index is 920. The average Bonchev–Trinajstić information content (AvgIpc) is 3.38. The molecule has 1 aromatic heterocycles. The molecule has 3 rings (SSSR count). The van der Waals surface area contributed by atoms with Crippen LogP contribution in [0.5, 0.6) is 0 Å². The van der Waals surface area contributed by atoms with Gasteiger partial charge in [-0.3, -0.25) is 9.59 Å². The SMILES string of the molecule is CC(O)C(C=N)C(=O)N1CCOC[C@@H]1CNC(=O)c1ccc(C2=NOC(C(F)(F)F)C2C)s1. The number of carbonyl (C=O) groups is 2. The fourth-order valence-electron chi connectivity index (χ4n) is 3.66. The van der Waals surface area contributed by atoms with Crippen molar-refractivity contribution in [1.82, 2.24) is 10.2 Å². The molecule has 3 N–H and O–H groups in total. The van der Waals surface area contributed by atoms with Gasteiger partial charge in [0, 0.05) is 19.3 Å². The molecule has 1 aromatic rings. The number of rotatable bonds is 7. The zero-order valence-electron chi connectivity index (χ0n) is 18.0. The number of nitrogens with one attached hydrogen (secondary N) is 2. The summed E-state index contributed by atoms with van der Waals surface area (Å²) in [5.74, 6) is -2.87. The number of hydrogen-bond donors (Lipinski definition) is 3. The number of halogens is 3. The van der Waals surface area contributed by atoms with Gasteiger partial charge < -0.3 is 30.3 Å². The number of alkyl halides is 3. The molecule has 0 aromatic carbocycles. The fraction of sp³-hybridized carbons (Fsp3) is 0.600. The number of oxime groups is 1. The first-order chi connectivity index (χ1) is 15.5. The number of morpholine rings is 1. The largest absolute Gasteiger partial charge is 0.428 e. The van der Waals surface area contributed by atoms with E-state index in [0.717, 1.165) is 17.6 Å². The summed E-state index contributed by atoms with van der Waals surface area (Å²) in [6.45, 7) is 3.60. The van der Waals surface area contributed by atoms with Crippen LogP contribution in [0, 0.1) is 17.2 Å². The second kappa shape index (κ2) is 10.2. The van der Waals surface area contributed by atoms with Crippen LogP contribution in [0.15, 0.2) is 17.3 Å². The van der Waals surface area contributed by atoms with E-state index in [1.54, 1.807) is 0 Å². The van der Waals surface area contributed by atoms with Crippen molar-refractivity contribution in [2.24, 2.45) is 17.0 Å². The first-order valence-corrected chi connectivity index (χ1v) is 11.1. The lowest BCUT2D eigenvalue weighted by molar-refractivity contribution is -0.220. The average molecular weight is 491 g/mol. The first-order valence-electron chi connectivity index (χ1n) is 10.3. The molecule has 9 nitrogen and oxygen atoms in total. The van der Waals surface area contributed by atoms with Gasteiger partial charge in [-0.2, -0.15) is 13.2 Å². The van der Waals surface area contributed by atoms with E-state index in [-0.39, 0.29) is 30.3 Å². The molecule has 1 saturated heterocycles. The molecular formula is C20H25F3N4O5S. The molecule has 4 unspecified atom stereocenters. The zero-order chi connectivity index (χ0) is 24.3. The van der Waals surface area contributed by atoms with Crippen molar-refractivity contribution in [3.63, 3.8) is 0 Å². The highest BCUT2D eigenvalue weighted by atomic mass is 32.1. The minimum Gasteiger partial charge on any atom is -0.392 e. The van der Waals surface area contributed by atoms with Crippen molar-refractivity contribution < 1.29 is 37.4 Å². The van der Waals surface area contributed by atoms with Crippen molar-refractivity contribution in [1.29, 1.82) is 5.41 Å². The molecule has 5 atom stereocenters. The summed E-state index contributed by atoms with van der Waals surface area (Å²) in [5.41, 5.74) is 0.134. The normalized spacial score (nSPS) is 25.1. The summed E-state index contributed by atoms with van der Waals surface area (Å²) < 4.78 is 44.4. The van der Waals surface area contributed by atoms with Gasteiger partial charge in [0.05, 0.1) is 46.9 Å². The number of aliphatic hydroxyl groups excluding tert-OH is 1. The van der Waals surface area contributed by atoms with E-state index in [1.807, 2.05) is 0 Å². The van der Waals surface area contributed by atoms with Crippen LogP contribution in [0.4, 0.5) is 13.2 Å². The summed E-state index contributed by atoms with van der Waals surface area (Å²) in [4.78, 5) is 32.1. The number of nitrogens with zero attached hydrogens (tertiary/aromatic N) is 2. The summed E-state index contributed by atoms with van der Waals surface area (Å²) in [5, 5.41) is 23.5. The quantitative estimate of drug-likeness (QED) is 0.502. The van der Waals surface area contributed by atoms with Crippen LogP contribution in [0.1, 0.15) is 28.4 Å². The van der Waals surface area contributed by atoms with E-state index in [0.29, 0.717) is 11.5 Å². The molecule has 0 spiro atoms. The van der Waals surface area contributed by atoms with Crippen LogP contribution in [0.25, 0.3) is 0 Å². The molecule has 2 aliphatic rings. The Labute approximate surface area is 192 Å². The van der Waals surface area contributed by atoms with E-state index in [2.05, 4.69) is 15.3 Å². The third-order valence-electron chi connectivity index (χ3n) is 5.55. The van der Waals surface area contributed by atoms with Gasteiger partial charge in [-0.15, -0.1) is 11.3 Å². The van der Waals surface area contributed by atoms with Crippen LogP contribution in [0.2, 0.25) is 0 Å². The van der Waals surface area contributed by atoms with E-state index < -0.39 is 48.1 Å². The Morgan fingerprint density at radius 1 is 1.45 bits per heavy atom. The third kappa shape index (κ3) is 5.53. The summed E-state index contributed by atoms with van der Waals surface area (Å²) in [6.07, 6.45) is -6.70. The van der Waals surface area contributed by atoms with E-state index in [9.17, 15) is 27.9 Å². The number of ether oxygens (including phenoxy) is 1. The Morgan fingerprint density at radius 2 is 2.18 bits per heavy atom. The minimum absolute atomic E-state index is 0.0684. The van der Waals surface area contributed by atoms with Crippen molar-refractivity contribution in [3.05, 3.63) is 21.9 Å². The van der Waals surface area contributed by atoms with Crippen molar-refractivity contribution in [2.45, 2.75) is 38.3 Å². The van der Waals surface area contributed by atoms with Crippen LogP contribution < -0.4 is 5.32 Å². The molecule has 0 aliphatic carbocycles. The summed E-state index contributed by atoms with van der Waals surface area (Å²) in [6, 6.07) is 2.52. The predicted octanol–water partition coefficient (Wildman–Crippen LogP) is 1.65. The van der Waals surface area contributed by atoms with Gasteiger partial charge in [-0.25, -0.2) is 0 Å². The topological polar surface area (TPSA) is 124 Å². The van der Waals surface area contributed by atoms with Gasteiger partial charge in [-0.1, -0.05) is 12.1 Å².